The van der Waals surface area contributed by atoms with Crippen LogP contribution in [0.1, 0.15) is 22.4 Å². The van der Waals surface area contributed by atoms with Crippen molar-refractivity contribution in [2.24, 2.45) is 0 Å². The summed E-state index contributed by atoms with van der Waals surface area (Å²) in [6.45, 7) is 2.00. The molecule has 6 nitrogen and oxygen atoms in total. The summed E-state index contributed by atoms with van der Waals surface area (Å²) in [5.74, 6) is 2.07. The van der Waals surface area contributed by atoms with Crippen molar-refractivity contribution in [3.05, 3.63) is 70.9 Å². The van der Waals surface area contributed by atoms with Gasteiger partial charge in [-0.15, -0.1) is 0 Å². The lowest BCUT2D eigenvalue weighted by molar-refractivity contribution is -0.115. The molecule has 1 amide bonds. The molecule has 0 spiro atoms. The van der Waals surface area contributed by atoms with Crippen LogP contribution >= 0.6 is 0 Å². The fourth-order valence-electron chi connectivity index (χ4n) is 3.34. The van der Waals surface area contributed by atoms with E-state index in [1.165, 1.54) is 0 Å². The summed E-state index contributed by atoms with van der Waals surface area (Å²) < 4.78 is 18.9. The van der Waals surface area contributed by atoms with Crippen molar-refractivity contribution in [2.45, 2.75) is 24.9 Å². The van der Waals surface area contributed by atoms with E-state index in [0.717, 1.165) is 33.8 Å². The Morgan fingerprint density at radius 2 is 1.93 bits per heavy atom. The van der Waals surface area contributed by atoms with Crippen molar-refractivity contribution in [3.8, 4) is 11.4 Å². The second-order valence-corrected chi connectivity index (χ2v) is 8.23. The van der Waals surface area contributed by atoms with Crippen LogP contribution in [0.5, 0.6) is 5.75 Å². The van der Waals surface area contributed by atoms with E-state index in [1.807, 2.05) is 55.5 Å². The summed E-state index contributed by atoms with van der Waals surface area (Å²) in [6, 6.07) is 15.3. The molecular formula is C21H21N3O3S. The highest BCUT2D eigenvalue weighted by molar-refractivity contribution is 7.83. The number of carbonyl (C=O) groups excluding carboxylic acids is 1. The maximum absolute atomic E-state index is 12.7. The van der Waals surface area contributed by atoms with Crippen LogP contribution in [0.4, 0.5) is 5.82 Å². The zero-order valence-electron chi connectivity index (χ0n) is 15.8. The molecule has 1 aliphatic rings. The Morgan fingerprint density at radius 1 is 1.18 bits per heavy atom. The van der Waals surface area contributed by atoms with E-state index in [2.05, 4.69) is 10.4 Å². The predicted octanol–water partition coefficient (Wildman–Crippen LogP) is 3.13. The molecule has 1 N–H and O–H groups in total. The number of hydrogen-bond acceptors (Lipinski definition) is 4. The molecule has 0 radical (unpaired) electrons. The molecule has 0 bridgehead atoms. The van der Waals surface area contributed by atoms with Crippen molar-refractivity contribution in [2.75, 3.05) is 12.4 Å². The van der Waals surface area contributed by atoms with Gasteiger partial charge in [0.2, 0.25) is 5.91 Å². The van der Waals surface area contributed by atoms with Crippen molar-refractivity contribution in [1.29, 1.82) is 0 Å². The largest absolute Gasteiger partial charge is 0.497 e. The fraction of sp³-hybridized carbons (Fsp3) is 0.238. The third kappa shape index (κ3) is 3.57. The van der Waals surface area contributed by atoms with Crippen LogP contribution < -0.4 is 10.1 Å². The summed E-state index contributed by atoms with van der Waals surface area (Å²) in [5.41, 5.74) is 4.50. The van der Waals surface area contributed by atoms with Gasteiger partial charge in [-0.1, -0.05) is 30.3 Å². The van der Waals surface area contributed by atoms with Crippen LogP contribution in [-0.2, 0) is 33.5 Å². The molecule has 0 saturated carbocycles. The number of aryl methyl sites for hydroxylation is 1. The third-order valence-electron chi connectivity index (χ3n) is 4.79. The summed E-state index contributed by atoms with van der Waals surface area (Å²) in [7, 11) is 0.644. The van der Waals surface area contributed by atoms with Crippen molar-refractivity contribution >= 4 is 22.5 Å². The Balaban J connectivity index is 1.63. The Labute approximate surface area is 166 Å². The number of benzene rings is 2. The van der Waals surface area contributed by atoms with E-state index in [1.54, 1.807) is 11.8 Å². The number of nitrogens with zero attached hydrogens (tertiary/aromatic N) is 2. The number of nitrogens with one attached hydrogen (secondary N) is 1. The van der Waals surface area contributed by atoms with Gasteiger partial charge in [0.05, 0.1) is 36.4 Å². The first-order valence-corrected chi connectivity index (χ1v) is 10.5. The van der Waals surface area contributed by atoms with Gasteiger partial charge in [0.25, 0.3) is 0 Å². The average Bonchev–Trinajstić information content (AvgIpc) is 3.20. The lowest BCUT2D eigenvalue weighted by Crippen LogP contribution is -2.18. The minimum absolute atomic E-state index is 0.139. The molecule has 0 saturated heterocycles. The Kier molecular flexibility index (Phi) is 5.00. The molecule has 2 aromatic carbocycles. The van der Waals surface area contributed by atoms with Gasteiger partial charge in [0.1, 0.15) is 11.6 Å². The van der Waals surface area contributed by atoms with Gasteiger partial charge in [-0.05, 0) is 36.2 Å². The van der Waals surface area contributed by atoms with Gasteiger partial charge in [-0.25, -0.2) is 4.68 Å². The first-order valence-electron chi connectivity index (χ1n) is 8.99. The first-order chi connectivity index (χ1) is 13.5. The second-order valence-electron chi connectivity index (χ2n) is 6.77. The number of amides is 1. The summed E-state index contributed by atoms with van der Waals surface area (Å²) in [6.07, 6.45) is 0.237. The molecule has 1 aliphatic heterocycles. The number of fused-ring (bicyclic) bond motifs is 1. The number of carbonyl (C=O) groups is 1. The van der Waals surface area contributed by atoms with Gasteiger partial charge >= 0.3 is 0 Å². The van der Waals surface area contributed by atoms with E-state index in [4.69, 9.17) is 4.74 Å². The van der Waals surface area contributed by atoms with E-state index >= 15 is 0 Å². The zero-order chi connectivity index (χ0) is 19.7. The Bertz CT molecular complexity index is 1060. The Hall–Kier alpha value is -2.93. The van der Waals surface area contributed by atoms with Crippen LogP contribution in [0, 0.1) is 6.92 Å². The standard InChI is InChI=1S/C21H21N3O3S/c1-14-5-3-4-6-19(14)24-21(17-12-28(26)13-18(17)23-24)22-20(25)11-15-7-9-16(27-2)10-8-15/h3-10H,11-13H2,1-2H3,(H,22,25)/t28-/m0/s1. The van der Waals surface area contributed by atoms with E-state index in [0.29, 0.717) is 17.3 Å². The van der Waals surface area contributed by atoms with Crippen LogP contribution in [0.15, 0.2) is 48.5 Å². The number of aromatic nitrogens is 2. The maximum Gasteiger partial charge on any atom is 0.229 e. The monoisotopic (exact) mass is 395 g/mol. The van der Waals surface area contributed by atoms with Crippen LogP contribution in [-0.4, -0.2) is 27.0 Å². The lowest BCUT2D eigenvalue weighted by atomic mass is 10.1. The van der Waals surface area contributed by atoms with Crippen LogP contribution in [0.25, 0.3) is 5.69 Å². The third-order valence-corrected chi connectivity index (χ3v) is 6.00. The predicted molar refractivity (Wildman–Crippen MR) is 109 cm³/mol. The minimum atomic E-state index is -0.966. The molecule has 3 aromatic rings. The van der Waals surface area contributed by atoms with Gasteiger partial charge in [0.15, 0.2) is 0 Å². The first kappa shape index (κ1) is 18.4. The molecule has 28 heavy (non-hydrogen) atoms. The highest BCUT2D eigenvalue weighted by Crippen LogP contribution is 2.32. The quantitative estimate of drug-likeness (QED) is 0.720. The summed E-state index contributed by atoms with van der Waals surface area (Å²) >= 11 is 0. The maximum atomic E-state index is 12.7. The Morgan fingerprint density at radius 3 is 2.64 bits per heavy atom. The van der Waals surface area contributed by atoms with E-state index in [-0.39, 0.29) is 12.3 Å². The molecule has 1 atom stereocenters. The summed E-state index contributed by atoms with van der Waals surface area (Å²) in [5, 5.41) is 7.66. The number of ether oxygens (including phenoxy) is 1. The van der Waals surface area contributed by atoms with Gasteiger partial charge < -0.3 is 10.1 Å². The molecule has 0 unspecified atom stereocenters. The van der Waals surface area contributed by atoms with Gasteiger partial charge in [-0.2, -0.15) is 5.10 Å². The van der Waals surface area contributed by atoms with Crippen molar-refractivity contribution < 1.29 is 13.7 Å². The van der Waals surface area contributed by atoms with Crippen molar-refractivity contribution in [3.63, 3.8) is 0 Å². The molecule has 0 fully saturated rings. The smallest absolute Gasteiger partial charge is 0.229 e. The highest BCUT2D eigenvalue weighted by Gasteiger charge is 2.28. The number of methoxy groups -OCH3 is 1. The molecule has 4 rings (SSSR count). The number of hydrogen-bond donors (Lipinski definition) is 1. The van der Waals surface area contributed by atoms with E-state index in [9.17, 15) is 9.00 Å². The van der Waals surface area contributed by atoms with Gasteiger partial charge in [0, 0.05) is 16.4 Å². The zero-order valence-corrected chi connectivity index (χ0v) is 16.6. The molecule has 1 aromatic heterocycles. The fourth-order valence-corrected chi connectivity index (χ4v) is 4.60. The normalized spacial score (nSPS) is 15.3. The molecular weight excluding hydrogens is 374 g/mol. The minimum Gasteiger partial charge on any atom is -0.497 e. The average molecular weight is 395 g/mol. The topological polar surface area (TPSA) is 73.2 Å². The molecule has 2 heterocycles. The number of anilines is 1. The lowest BCUT2D eigenvalue weighted by Gasteiger charge is -2.13. The van der Waals surface area contributed by atoms with Gasteiger partial charge in [-0.3, -0.25) is 9.00 Å². The number of para-hydroxylation sites is 1. The molecule has 0 aliphatic carbocycles. The SMILES string of the molecule is COc1ccc(CC(=O)Nc2c3c(nn2-c2ccccc2C)C[S@@](=O)C3)cc1. The summed E-state index contributed by atoms with van der Waals surface area (Å²) in [4.78, 5) is 12.7. The van der Waals surface area contributed by atoms with Crippen LogP contribution in [0.3, 0.4) is 0 Å². The second kappa shape index (κ2) is 7.59. The van der Waals surface area contributed by atoms with Crippen molar-refractivity contribution in [1.82, 2.24) is 9.78 Å². The number of rotatable bonds is 5. The molecule has 144 valence electrons. The van der Waals surface area contributed by atoms with Crippen LogP contribution in [0.2, 0.25) is 0 Å². The highest BCUT2D eigenvalue weighted by atomic mass is 32.2. The molecule has 7 heteroatoms. The van der Waals surface area contributed by atoms with E-state index < -0.39 is 10.8 Å².